The van der Waals surface area contributed by atoms with Crippen LogP contribution in [0, 0.1) is 0 Å². The van der Waals surface area contributed by atoms with Gasteiger partial charge in [0.2, 0.25) is 9.63 Å². The van der Waals surface area contributed by atoms with Gasteiger partial charge in [-0.25, -0.2) is 14.7 Å². The molecular formula is C17H17Cl4N3O2. The largest absolute Gasteiger partial charge is 0.337 e. The van der Waals surface area contributed by atoms with Crippen molar-refractivity contribution < 1.29 is 9.59 Å². The van der Waals surface area contributed by atoms with E-state index in [4.69, 9.17) is 46.4 Å². The summed E-state index contributed by atoms with van der Waals surface area (Å²) in [5.41, 5.74) is -0.798. The Balaban J connectivity index is 2.02. The molecule has 1 saturated heterocycles. The van der Waals surface area contributed by atoms with E-state index in [0.29, 0.717) is 5.69 Å². The number of benzene rings is 1. The Kier molecular flexibility index (Phi) is 6.02. The van der Waals surface area contributed by atoms with Crippen LogP contribution in [0.15, 0.2) is 35.3 Å². The molecule has 0 bridgehead atoms. The lowest BCUT2D eigenvalue weighted by molar-refractivity contribution is -0.122. The molecule has 1 heterocycles. The molecule has 0 aromatic heterocycles. The number of carbonyl (C=O) groups is 2. The molecule has 2 aliphatic rings. The number of urea groups is 1. The summed E-state index contributed by atoms with van der Waals surface area (Å²) in [4.78, 5) is 32.7. The van der Waals surface area contributed by atoms with Crippen LogP contribution in [0.25, 0.3) is 0 Å². The second kappa shape index (κ2) is 7.93. The molecule has 1 saturated carbocycles. The summed E-state index contributed by atoms with van der Waals surface area (Å²) in [5, 5.41) is 0. The van der Waals surface area contributed by atoms with Crippen molar-refractivity contribution in [2.24, 2.45) is 4.99 Å². The van der Waals surface area contributed by atoms with Crippen molar-refractivity contribution >= 4 is 69.9 Å². The fourth-order valence-electron chi connectivity index (χ4n) is 3.25. The molecule has 3 rings (SSSR count). The van der Waals surface area contributed by atoms with E-state index in [0.717, 1.165) is 32.1 Å². The number of nitrogens with zero attached hydrogens (tertiary/aromatic N) is 3. The fourth-order valence-corrected chi connectivity index (χ4v) is 3.49. The third-order valence-electron chi connectivity index (χ3n) is 4.48. The topological polar surface area (TPSA) is 53.0 Å². The zero-order valence-corrected chi connectivity index (χ0v) is 16.8. The zero-order chi connectivity index (χ0) is 18.9. The van der Waals surface area contributed by atoms with Crippen LogP contribution < -0.4 is 4.90 Å². The molecule has 3 amide bonds. The standard InChI is InChI=1S/C17H17Cl4N3O2/c18-15(17(19,20)21)22-13-14(25)24(12-9-5-2-6-10-12)16(26)23(13)11-7-3-1-4-8-11/h1,3-4,7-8,12,15H,2,5-6,9-10H2/b22-13-. The Hall–Kier alpha value is -1.01. The molecule has 1 aliphatic carbocycles. The van der Waals surface area contributed by atoms with Gasteiger partial charge in [0, 0.05) is 6.04 Å². The van der Waals surface area contributed by atoms with Gasteiger partial charge in [0.25, 0.3) is 5.91 Å². The van der Waals surface area contributed by atoms with Gasteiger partial charge in [-0.2, -0.15) is 0 Å². The lowest BCUT2D eigenvalue weighted by Gasteiger charge is -2.28. The SMILES string of the molecule is O=C1/C(=N/C(Cl)C(Cl)(Cl)Cl)N(c2ccccc2)C(=O)N1C1CCCCC1. The molecule has 26 heavy (non-hydrogen) atoms. The minimum absolute atomic E-state index is 0.127. The minimum atomic E-state index is -1.90. The van der Waals surface area contributed by atoms with Crippen molar-refractivity contribution in [1.82, 2.24) is 4.90 Å². The Morgan fingerprint density at radius 2 is 1.65 bits per heavy atom. The molecule has 1 aromatic rings. The summed E-state index contributed by atoms with van der Waals surface area (Å²) < 4.78 is -1.90. The van der Waals surface area contributed by atoms with Crippen LogP contribution in [0.1, 0.15) is 32.1 Å². The molecule has 1 aliphatic heterocycles. The fraction of sp³-hybridized carbons (Fsp3) is 0.471. The van der Waals surface area contributed by atoms with Crippen LogP contribution in [0.4, 0.5) is 10.5 Å². The zero-order valence-electron chi connectivity index (χ0n) is 13.7. The van der Waals surface area contributed by atoms with Crippen LogP contribution in [0.5, 0.6) is 0 Å². The normalized spacial score (nSPS) is 22.4. The van der Waals surface area contributed by atoms with E-state index in [1.54, 1.807) is 24.3 Å². The monoisotopic (exact) mass is 435 g/mol. The molecule has 0 radical (unpaired) electrons. The van der Waals surface area contributed by atoms with E-state index < -0.39 is 21.2 Å². The first-order chi connectivity index (χ1) is 12.3. The Morgan fingerprint density at radius 3 is 2.23 bits per heavy atom. The van der Waals surface area contributed by atoms with E-state index in [-0.39, 0.29) is 11.9 Å². The summed E-state index contributed by atoms with van der Waals surface area (Å²) >= 11 is 23.4. The third kappa shape index (κ3) is 3.96. The number of rotatable bonds is 3. The number of para-hydroxylation sites is 1. The quantitative estimate of drug-likeness (QED) is 0.375. The molecule has 1 aromatic carbocycles. The summed E-state index contributed by atoms with van der Waals surface area (Å²) in [5.74, 6) is -0.635. The highest BCUT2D eigenvalue weighted by Gasteiger charge is 2.48. The average molecular weight is 437 g/mol. The molecule has 0 spiro atoms. The number of alkyl halides is 4. The predicted octanol–water partition coefficient (Wildman–Crippen LogP) is 5.12. The Morgan fingerprint density at radius 1 is 1.04 bits per heavy atom. The maximum Gasteiger partial charge on any atom is 0.337 e. The van der Waals surface area contributed by atoms with Crippen molar-refractivity contribution in [1.29, 1.82) is 0 Å². The highest BCUT2D eigenvalue weighted by Crippen LogP contribution is 2.36. The number of hydrogen-bond acceptors (Lipinski definition) is 3. The van der Waals surface area contributed by atoms with Gasteiger partial charge in [0.05, 0.1) is 5.69 Å². The van der Waals surface area contributed by atoms with Crippen LogP contribution >= 0.6 is 46.4 Å². The lowest BCUT2D eigenvalue weighted by atomic mass is 9.94. The molecule has 0 N–H and O–H groups in total. The van der Waals surface area contributed by atoms with Gasteiger partial charge in [-0.15, -0.1) is 0 Å². The molecular weight excluding hydrogens is 420 g/mol. The van der Waals surface area contributed by atoms with Gasteiger partial charge in [-0.05, 0) is 25.0 Å². The van der Waals surface area contributed by atoms with E-state index in [1.165, 1.54) is 9.80 Å². The molecule has 140 valence electrons. The number of imide groups is 1. The first-order valence-corrected chi connectivity index (χ1v) is 9.89. The van der Waals surface area contributed by atoms with Gasteiger partial charge in [0.15, 0.2) is 5.50 Å². The summed E-state index contributed by atoms with van der Waals surface area (Å²) in [6, 6.07) is 8.17. The van der Waals surface area contributed by atoms with Gasteiger partial charge in [0.1, 0.15) is 0 Å². The number of hydrogen-bond donors (Lipinski definition) is 0. The summed E-state index contributed by atoms with van der Waals surface area (Å²) in [6.07, 6.45) is 4.62. The van der Waals surface area contributed by atoms with E-state index in [2.05, 4.69) is 4.99 Å². The average Bonchev–Trinajstić information content (AvgIpc) is 2.86. The second-order valence-electron chi connectivity index (χ2n) is 6.25. The van der Waals surface area contributed by atoms with E-state index in [9.17, 15) is 9.59 Å². The van der Waals surface area contributed by atoms with E-state index in [1.807, 2.05) is 6.07 Å². The smallest absolute Gasteiger partial charge is 0.265 e. The van der Waals surface area contributed by atoms with Crippen LogP contribution in [0.2, 0.25) is 0 Å². The number of amidine groups is 1. The van der Waals surface area contributed by atoms with Crippen molar-refractivity contribution in [2.75, 3.05) is 4.90 Å². The molecule has 1 unspecified atom stereocenters. The lowest BCUT2D eigenvalue weighted by Crippen LogP contribution is -2.42. The van der Waals surface area contributed by atoms with Crippen molar-refractivity contribution in [3.8, 4) is 0 Å². The highest BCUT2D eigenvalue weighted by atomic mass is 35.6. The number of anilines is 1. The first kappa shape index (κ1) is 19.7. The highest BCUT2D eigenvalue weighted by molar-refractivity contribution is 6.70. The predicted molar refractivity (Wildman–Crippen MR) is 105 cm³/mol. The first-order valence-electron chi connectivity index (χ1n) is 8.32. The van der Waals surface area contributed by atoms with Gasteiger partial charge in [-0.3, -0.25) is 9.69 Å². The minimum Gasteiger partial charge on any atom is -0.265 e. The Labute approximate surface area is 171 Å². The van der Waals surface area contributed by atoms with Gasteiger partial charge in [-0.1, -0.05) is 83.9 Å². The van der Waals surface area contributed by atoms with Crippen molar-refractivity contribution in [3.05, 3.63) is 30.3 Å². The molecule has 1 atom stereocenters. The third-order valence-corrected chi connectivity index (χ3v) is 5.86. The van der Waals surface area contributed by atoms with Crippen LogP contribution in [-0.2, 0) is 4.79 Å². The van der Waals surface area contributed by atoms with Crippen molar-refractivity contribution in [2.45, 2.75) is 47.4 Å². The number of halogens is 4. The molecule has 2 fully saturated rings. The maximum atomic E-state index is 13.1. The Bertz CT molecular complexity index is 714. The molecule has 5 nitrogen and oxygen atoms in total. The van der Waals surface area contributed by atoms with E-state index >= 15 is 0 Å². The van der Waals surface area contributed by atoms with Crippen LogP contribution in [-0.4, -0.2) is 38.0 Å². The summed E-state index contributed by atoms with van der Waals surface area (Å²) in [6.45, 7) is 0. The molecule has 9 heteroatoms. The summed E-state index contributed by atoms with van der Waals surface area (Å²) in [7, 11) is 0. The second-order valence-corrected chi connectivity index (χ2v) is 9.03. The maximum absolute atomic E-state index is 13.1. The number of carbonyl (C=O) groups excluding carboxylic acids is 2. The van der Waals surface area contributed by atoms with Crippen LogP contribution in [0.3, 0.4) is 0 Å². The van der Waals surface area contributed by atoms with Gasteiger partial charge >= 0.3 is 6.03 Å². The van der Waals surface area contributed by atoms with Gasteiger partial charge < -0.3 is 0 Å². The number of aliphatic imine (C=N–C) groups is 1. The van der Waals surface area contributed by atoms with Crippen molar-refractivity contribution in [3.63, 3.8) is 0 Å². The number of amides is 3.